The number of primary amides is 1. The summed E-state index contributed by atoms with van der Waals surface area (Å²) in [5, 5.41) is 1.86. The second-order valence-electron chi connectivity index (χ2n) is 3.15. The van der Waals surface area contributed by atoms with E-state index in [-0.39, 0.29) is 10.7 Å². The Morgan fingerprint density at radius 3 is 2.44 bits per heavy atom. The number of nitrogens with zero attached hydrogens (tertiary/aromatic N) is 1. The van der Waals surface area contributed by atoms with E-state index in [0.717, 1.165) is 12.1 Å². The molecule has 0 saturated carbocycles. The third-order valence-electron chi connectivity index (χ3n) is 1.77. The fourth-order valence-corrected chi connectivity index (χ4v) is 1.22. The van der Waals surface area contributed by atoms with Crippen LogP contribution in [0.2, 0.25) is 5.02 Å². The Bertz CT molecular complexity index is 501. The third-order valence-corrected chi connectivity index (χ3v) is 2.09. The third kappa shape index (κ3) is 3.81. The first kappa shape index (κ1) is 14.1. The van der Waals surface area contributed by atoms with Crippen LogP contribution >= 0.6 is 11.6 Å². The fourth-order valence-electron chi connectivity index (χ4n) is 1.06. The monoisotopic (exact) mass is 280 g/mol. The molecule has 5 nitrogen and oxygen atoms in total. The number of nitrogens with one attached hydrogen (secondary N) is 1. The zero-order chi connectivity index (χ0) is 13.9. The minimum Gasteiger partial charge on any atom is -0.369 e. The van der Waals surface area contributed by atoms with E-state index in [0.29, 0.717) is 6.07 Å². The van der Waals surface area contributed by atoms with Gasteiger partial charge in [0.25, 0.3) is 0 Å². The molecule has 9 heteroatoms. The van der Waals surface area contributed by atoms with Gasteiger partial charge in [-0.1, -0.05) is 11.6 Å². The first-order valence-electron chi connectivity index (χ1n) is 4.47. The van der Waals surface area contributed by atoms with Crippen molar-refractivity contribution in [1.82, 2.24) is 5.32 Å². The van der Waals surface area contributed by atoms with Crippen LogP contribution < -0.4 is 16.8 Å². The Hall–Kier alpha value is -1.96. The van der Waals surface area contributed by atoms with Gasteiger partial charge in [0.1, 0.15) is 0 Å². The molecule has 0 bridgehead atoms. The van der Waals surface area contributed by atoms with Crippen molar-refractivity contribution in [3.05, 3.63) is 28.8 Å². The van der Waals surface area contributed by atoms with E-state index < -0.39 is 23.7 Å². The van der Waals surface area contributed by atoms with Crippen LogP contribution in [0, 0.1) is 0 Å². The van der Waals surface area contributed by atoms with Crippen LogP contribution in [0.3, 0.4) is 0 Å². The quantitative estimate of drug-likeness (QED) is 0.542. The van der Waals surface area contributed by atoms with Crippen molar-refractivity contribution < 1.29 is 18.0 Å². The summed E-state index contributed by atoms with van der Waals surface area (Å²) in [7, 11) is 0. The number of carbonyl (C=O) groups excluding carboxylic acids is 1. The highest BCUT2D eigenvalue weighted by Gasteiger charge is 2.30. The first-order valence-corrected chi connectivity index (χ1v) is 4.85. The van der Waals surface area contributed by atoms with Crippen LogP contribution in [0.1, 0.15) is 5.56 Å². The molecule has 0 fully saturated rings. The van der Waals surface area contributed by atoms with Gasteiger partial charge in [0.15, 0.2) is 0 Å². The fraction of sp³-hybridized carbons (Fsp3) is 0.111. The molecule has 1 aromatic rings. The SMILES string of the molecule is NC(=O)NC(N)=Nc1cc(C(F)(F)F)ccc1Cl. The lowest BCUT2D eigenvalue weighted by Gasteiger charge is -2.08. The highest BCUT2D eigenvalue weighted by molar-refractivity contribution is 6.33. The maximum atomic E-state index is 12.4. The molecule has 18 heavy (non-hydrogen) atoms. The molecule has 1 rings (SSSR count). The van der Waals surface area contributed by atoms with Crippen molar-refractivity contribution >= 4 is 29.3 Å². The number of aliphatic imine (C=N–C) groups is 1. The average molecular weight is 281 g/mol. The van der Waals surface area contributed by atoms with Gasteiger partial charge >= 0.3 is 12.2 Å². The molecule has 1 aromatic carbocycles. The largest absolute Gasteiger partial charge is 0.416 e. The summed E-state index contributed by atoms with van der Waals surface area (Å²) in [5.41, 5.74) is 8.84. The number of halogens is 4. The summed E-state index contributed by atoms with van der Waals surface area (Å²) in [6.45, 7) is 0. The summed E-state index contributed by atoms with van der Waals surface area (Å²) in [6.07, 6.45) is -4.53. The van der Waals surface area contributed by atoms with Crippen molar-refractivity contribution in [2.45, 2.75) is 6.18 Å². The smallest absolute Gasteiger partial charge is 0.369 e. The Labute approximate surface area is 105 Å². The number of hydrogen-bond acceptors (Lipinski definition) is 2. The Morgan fingerprint density at radius 2 is 1.94 bits per heavy atom. The number of urea groups is 1. The van der Waals surface area contributed by atoms with Crippen LogP contribution in [-0.4, -0.2) is 12.0 Å². The molecular formula is C9H8ClF3N4O. The van der Waals surface area contributed by atoms with Gasteiger partial charge in [-0.2, -0.15) is 13.2 Å². The van der Waals surface area contributed by atoms with Gasteiger partial charge in [0.2, 0.25) is 5.96 Å². The number of carbonyl (C=O) groups is 1. The van der Waals surface area contributed by atoms with E-state index in [4.69, 9.17) is 23.1 Å². The second kappa shape index (κ2) is 5.13. The molecule has 0 aliphatic carbocycles. The lowest BCUT2D eigenvalue weighted by molar-refractivity contribution is -0.137. The van der Waals surface area contributed by atoms with Gasteiger partial charge in [-0.15, -0.1) is 0 Å². The van der Waals surface area contributed by atoms with E-state index >= 15 is 0 Å². The van der Waals surface area contributed by atoms with E-state index in [1.807, 2.05) is 5.32 Å². The van der Waals surface area contributed by atoms with Gasteiger partial charge in [-0.25, -0.2) is 9.79 Å². The molecule has 0 heterocycles. The van der Waals surface area contributed by atoms with Gasteiger partial charge in [0, 0.05) is 0 Å². The number of amides is 2. The molecule has 0 unspecified atom stereocenters. The molecule has 0 aromatic heterocycles. The minimum atomic E-state index is -4.53. The number of guanidine groups is 1. The highest BCUT2D eigenvalue weighted by atomic mass is 35.5. The van der Waals surface area contributed by atoms with Gasteiger partial charge in [-0.05, 0) is 18.2 Å². The molecule has 0 spiro atoms. The van der Waals surface area contributed by atoms with E-state index in [1.54, 1.807) is 0 Å². The molecule has 0 radical (unpaired) electrons. The maximum Gasteiger partial charge on any atom is 0.416 e. The number of benzene rings is 1. The Morgan fingerprint density at radius 1 is 1.33 bits per heavy atom. The minimum absolute atomic E-state index is 0.0442. The van der Waals surface area contributed by atoms with Gasteiger partial charge in [0.05, 0.1) is 16.3 Å². The molecule has 2 amide bonds. The highest BCUT2D eigenvalue weighted by Crippen LogP contribution is 2.34. The zero-order valence-corrected chi connectivity index (χ0v) is 9.51. The van der Waals surface area contributed by atoms with E-state index in [1.165, 1.54) is 0 Å². The number of alkyl halides is 3. The van der Waals surface area contributed by atoms with E-state index in [9.17, 15) is 18.0 Å². The molecule has 0 aliphatic heterocycles. The number of nitrogens with two attached hydrogens (primary N) is 2. The molecule has 98 valence electrons. The average Bonchev–Trinajstić information content (AvgIpc) is 2.18. The van der Waals surface area contributed by atoms with Gasteiger partial charge < -0.3 is 11.5 Å². The van der Waals surface area contributed by atoms with Gasteiger partial charge in [-0.3, -0.25) is 5.32 Å². The van der Waals surface area contributed by atoms with Crippen LogP contribution in [0.25, 0.3) is 0 Å². The standard InChI is InChI=1S/C9H8ClF3N4O/c10-5-2-1-4(9(11,12)13)3-6(5)16-7(14)17-8(15)18/h1-3H,(H5,14,15,16,17,18). The first-order chi connectivity index (χ1) is 8.20. The van der Waals surface area contributed by atoms with Crippen molar-refractivity contribution in [3.8, 4) is 0 Å². The molecule has 0 atom stereocenters. The summed E-state index contributed by atoms with van der Waals surface area (Å²) in [4.78, 5) is 14.0. The van der Waals surface area contributed by atoms with Crippen molar-refractivity contribution in [3.63, 3.8) is 0 Å². The van der Waals surface area contributed by atoms with Crippen molar-refractivity contribution in [1.29, 1.82) is 0 Å². The topological polar surface area (TPSA) is 93.5 Å². The lowest BCUT2D eigenvalue weighted by Crippen LogP contribution is -2.39. The predicted molar refractivity (Wildman–Crippen MR) is 60.5 cm³/mol. The maximum absolute atomic E-state index is 12.4. The Kier molecular flexibility index (Phi) is 4.02. The summed E-state index contributed by atoms with van der Waals surface area (Å²) >= 11 is 5.65. The van der Waals surface area contributed by atoms with Crippen molar-refractivity contribution in [2.24, 2.45) is 16.5 Å². The van der Waals surface area contributed by atoms with E-state index in [2.05, 4.69) is 4.99 Å². The van der Waals surface area contributed by atoms with Crippen LogP contribution in [0.5, 0.6) is 0 Å². The summed E-state index contributed by atoms with van der Waals surface area (Å²) in [6, 6.07) is 1.55. The zero-order valence-electron chi connectivity index (χ0n) is 8.75. The second-order valence-corrected chi connectivity index (χ2v) is 3.56. The normalized spacial score (nSPS) is 12.3. The molecule has 0 saturated heterocycles. The Balaban J connectivity index is 3.12. The molecule has 0 aliphatic rings. The predicted octanol–water partition coefficient (Wildman–Crippen LogP) is 1.97. The summed E-state index contributed by atoms with van der Waals surface area (Å²) < 4.78 is 37.3. The summed E-state index contributed by atoms with van der Waals surface area (Å²) in [5.74, 6) is -0.455. The number of rotatable bonds is 1. The lowest BCUT2D eigenvalue weighted by atomic mass is 10.2. The molecule has 5 N–H and O–H groups in total. The molecular weight excluding hydrogens is 273 g/mol. The van der Waals surface area contributed by atoms with Crippen LogP contribution in [0.4, 0.5) is 23.7 Å². The van der Waals surface area contributed by atoms with Crippen LogP contribution in [0.15, 0.2) is 23.2 Å². The number of hydrogen-bond donors (Lipinski definition) is 3. The van der Waals surface area contributed by atoms with Crippen molar-refractivity contribution in [2.75, 3.05) is 0 Å². The van der Waals surface area contributed by atoms with Crippen LogP contribution in [-0.2, 0) is 6.18 Å².